The smallest absolute Gasteiger partial charge is 0.164 e. The number of rotatable bonds is 11. The van der Waals surface area contributed by atoms with Gasteiger partial charge in [-0.25, -0.2) is 29.9 Å². The molecule has 16 aromatic carbocycles. The fourth-order valence-corrected chi connectivity index (χ4v) is 18.9. The summed E-state index contributed by atoms with van der Waals surface area (Å²) in [4.78, 5) is 30.8. The van der Waals surface area contributed by atoms with Gasteiger partial charge < -0.3 is 8.83 Å². The van der Waals surface area contributed by atoms with Crippen LogP contribution in [0, 0.1) is 22.7 Å². The standard InChI is InChI=1S/C106H60N8O2/c107-61-63-36-38-66(39-37-63)78-31-19-35-90-95(78)97-91(115-90)57-56-87-93(97)81-30-15-18-34-86(81)105(87,76-26-11-4-12-27-76)77-52-48-72(49-53-77)104-113-101(69-24-9-3-10-25-69)112-103(114-104)71-46-42-65(43-47-71)74-51-55-83-92(60-74)116-98-75(62-108)59-89-94(96(83)98)82-54-50-73(58-88(82)106(89)84-32-16-13-28-79(84)80-29-14-17-33-85(80)106)64-40-44-70(45-41-64)102-110-99(67-20-5-1-6-21-67)109-100(111-102)68-22-7-2-8-23-68/h1-60H. The Bertz CT molecular complexity index is 7450. The Hall–Kier alpha value is -15.9. The van der Waals surface area contributed by atoms with Crippen LogP contribution in [0.1, 0.15) is 55.6 Å². The van der Waals surface area contributed by atoms with E-state index in [2.05, 4.69) is 249 Å². The van der Waals surface area contributed by atoms with Gasteiger partial charge in [0.05, 0.1) is 28.0 Å². The summed E-state index contributed by atoms with van der Waals surface area (Å²) < 4.78 is 13.8. The highest BCUT2D eigenvalue weighted by atomic mass is 16.3. The summed E-state index contributed by atoms with van der Waals surface area (Å²) >= 11 is 0. The summed E-state index contributed by atoms with van der Waals surface area (Å²) in [5.74, 6) is 3.44. The second kappa shape index (κ2) is 25.9. The van der Waals surface area contributed by atoms with Crippen LogP contribution in [0.15, 0.2) is 373 Å². The molecule has 1 unspecified atom stereocenters. The van der Waals surface area contributed by atoms with E-state index in [0.717, 1.165) is 150 Å². The van der Waals surface area contributed by atoms with Crippen molar-refractivity contribution in [3.8, 4) is 147 Å². The first-order chi connectivity index (χ1) is 57.4. The SMILES string of the molecule is N#Cc1ccc(-c2cccc3oc4ccc5c(c4c23)-c2ccccc2C5(c2ccccc2)c2ccc(-c3nc(-c4ccccc4)nc(-c4ccc(-c5ccc6c(c5)oc5c(C#N)cc7c(c56)-c5ccc(-c6ccc(-c8nc(-c9ccccc9)nc(-c9ccccc9)n8)cc6)cc5C75c6ccccc6-c6ccccc65)cc4)n3)cc2)cc1. The minimum Gasteiger partial charge on any atom is -0.456 e. The Balaban J connectivity index is 0.611. The Morgan fingerprint density at radius 2 is 0.647 bits per heavy atom. The zero-order valence-electron chi connectivity index (χ0n) is 62.0. The molecule has 10 nitrogen and oxygen atoms in total. The van der Waals surface area contributed by atoms with Crippen molar-refractivity contribution in [2.45, 2.75) is 10.8 Å². The van der Waals surface area contributed by atoms with Crippen LogP contribution in [0.5, 0.6) is 0 Å². The Labute approximate surface area is 666 Å². The molecule has 0 saturated heterocycles. The average Bonchev–Trinajstić information content (AvgIpc) is 1.50. The molecule has 536 valence electrons. The number of fused-ring (bicyclic) bond motifs is 21. The maximum Gasteiger partial charge on any atom is 0.164 e. The van der Waals surface area contributed by atoms with E-state index in [4.69, 9.17) is 38.7 Å². The predicted octanol–water partition coefficient (Wildman–Crippen LogP) is 25.3. The van der Waals surface area contributed by atoms with Crippen LogP contribution < -0.4 is 0 Å². The second-order valence-electron chi connectivity index (χ2n) is 30.0. The first-order valence-corrected chi connectivity index (χ1v) is 38.8. The van der Waals surface area contributed by atoms with Crippen LogP contribution in [-0.4, -0.2) is 29.9 Å². The number of hydrogen-bond acceptors (Lipinski definition) is 10. The maximum atomic E-state index is 11.4. The van der Waals surface area contributed by atoms with E-state index in [1.165, 1.54) is 27.8 Å². The van der Waals surface area contributed by atoms with Crippen molar-refractivity contribution >= 4 is 43.9 Å². The number of furan rings is 2. The molecule has 4 aromatic heterocycles. The van der Waals surface area contributed by atoms with Crippen LogP contribution in [0.25, 0.3) is 179 Å². The van der Waals surface area contributed by atoms with Crippen molar-refractivity contribution in [3.63, 3.8) is 0 Å². The van der Waals surface area contributed by atoms with Gasteiger partial charge >= 0.3 is 0 Å². The molecule has 1 spiro atoms. The van der Waals surface area contributed by atoms with Crippen LogP contribution in [-0.2, 0) is 10.8 Å². The van der Waals surface area contributed by atoms with Gasteiger partial charge in [-0.15, -0.1) is 0 Å². The number of benzene rings is 16. The number of nitrogens with zero attached hydrogens (tertiary/aromatic N) is 8. The molecule has 0 fully saturated rings. The number of nitriles is 2. The van der Waals surface area contributed by atoms with Crippen LogP contribution in [0.4, 0.5) is 0 Å². The van der Waals surface area contributed by atoms with Gasteiger partial charge in [0.15, 0.2) is 40.5 Å². The maximum absolute atomic E-state index is 11.4. The van der Waals surface area contributed by atoms with Gasteiger partial charge in [0.1, 0.15) is 22.8 Å². The molecular formula is C106H60N8O2. The predicted molar refractivity (Wildman–Crippen MR) is 460 cm³/mol. The molecule has 1 atom stereocenters. The van der Waals surface area contributed by atoms with E-state index in [9.17, 15) is 10.5 Å². The minimum absolute atomic E-state index is 0.473. The molecule has 20 aromatic rings. The second-order valence-corrected chi connectivity index (χ2v) is 30.0. The molecule has 0 aliphatic heterocycles. The van der Waals surface area contributed by atoms with Crippen molar-refractivity contribution in [3.05, 3.63) is 420 Å². The lowest BCUT2D eigenvalue weighted by Gasteiger charge is -2.34. The summed E-state index contributed by atoms with van der Waals surface area (Å²) in [6.45, 7) is 0. The summed E-state index contributed by atoms with van der Waals surface area (Å²) in [6, 6.07) is 132. The Kier molecular flexibility index (Phi) is 14.7. The molecular weight excluding hydrogens is 1420 g/mol. The topological polar surface area (TPSA) is 151 Å². The highest BCUT2D eigenvalue weighted by Gasteiger charge is 2.53. The van der Waals surface area contributed by atoms with E-state index in [0.29, 0.717) is 57.2 Å². The lowest BCUT2D eigenvalue weighted by Crippen LogP contribution is -2.28. The number of hydrogen-bond donors (Lipinski definition) is 0. The highest BCUT2D eigenvalue weighted by Crippen LogP contribution is 2.66. The third-order valence-corrected chi connectivity index (χ3v) is 24.0. The summed E-state index contributed by atoms with van der Waals surface area (Å²) in [5, 5.41) is 25.1. The molecule has 0 radical (unpaired) electrons. The fourth-order valence-electron chi connectivity index (χ4n) is 18.9. The van der Waals surface area contributed by atoms with Crippen LogP contribution >= 0.6 is 0 Å². The van der Waals surface area contributed by atoms with E-state index >= 15 is 0 Å². The molecule has 0 bridgehead atoms. The van der Waals surface area contributed by atoms with Gasteiger partial charge in [-0.3, -0.25) is 0 Å². The summed E-state index contributed by atoms with van der Waals surface area (Å²) in [7, 11) is 0. The first kappa shape index (κ1) is 66.0. The van der Waals surface area contributed by atoms with Crippen molar-refractivity contribution in [1.82, 2.24) is 29.9 Å². The lowest BCUT2D eigenvalue weighted by molar-refractivity contribution is 0.667. The van der Waals surface area contributed by atoms with E-state index in [-0.39, 0.29) is 0 Å². The Morgan fingerprint density at radius 3 is 1.19 bits per heavy atom. The number of aromatic nitrogens is 6. The largest absolute Gasteiger partial charge is 0.456 e. The summed E-state index contributed by atoms with van der Waals surface area (Å²) in [6.07, 6.45) is 0. The van der Waals surface area contributed by atoms with Gasteiger partial charge in [-0.2, -0.15) is 10.5 Å². The van der Waals surface area contributed by atoms with Gasteiger partial charge in [0.25, 0.3) is 0 Å². The third kappa shape index (κ3) is 9.88. The highest BCUT2D eigenvalue weighted by molar-refractivity contribution is 6.21. The molecule has 23 rings (SSSR count). The first-order valence-electron chi connectivity index (χ1n) is 38.8. The van der Waals surface area contributed by atoms with Crippen molar-refractivity contribution in [2.75, 3.05) is 0 Å². The Morgan fingerprint density at radius 1 is 0.233 bits per heavy atom. The van der Waals surface area contributed by atoms with Crippen molar-refractivity contribution in [2.24, 2.45) is 0 Å². The minimum atomic E-state index is -0.770. The lowest BCUT2D eigenvalue weighted by atomic mass is 9.67. The molecule has 3 aliphatic rings. The molecule has 4 heterocycles. The zero-order valence-corrected chi connectivity index (χ0v) is 62.0. The summed E-state index contributed by atoms with van der Waals surface area (Å²) in [5.41, 5.74) is 29.6. The van der Waals surface area contributed by atoms with E-state index < -0.39 is 10.8 Å². The zero-order chi connectivity index (χ0) is 76.7. The van der Waals surface area contributed by atoms with Gasteiger partial charge in [0.2, 0.25) is 0 Å². The monoisotopic (exact) mass is 1480 g/mol. The average molecular weight is 1480 g/mol. The molecule has 0 N–H and O–H groups in total. The quantitative estimate of drug-likeness (QED) is 0.122. The normalized spacial score (nSPS) is 13.8. The fraction of sp³-hybridized carbons (Fsp3) is 0.0189. The van der Waals surface area contributed by atoms with E-state index in [1.54, 1.807) is 0 Å². The van der Waals surface area contributed by atoms with Crippen molar-refractivity contribution in [1.29, 1.82) is 10.5 Å². The van der Waals surface area contributed by atoms with Gasteiger partial charge in [-0.05, 0) is 160 Å². The molecule has 116 heavy (non-hydrogen) atoms. The molecule has 0 saturated carbocycles. The van der Waals surface area contributed by atoms with Gasteiger partial charge in [-0.1, -0.05) is 315 Å². The van der Waals surface area contributed by atoms with Crippen LogP contribution in [0.2, 0.25) is 0 Å². The van der Waals surface area contributed by atoms with Gasteiger partial charge in [0, 0.05) is 54.9 Å². The molecule has 0 amide bonds. The third-order valence-electron chi connectivity index (χ3n) is 24.0. The van der Waals surface area contributed by atoms with E-state index in [1.807, 2.05) is 127 Å². The molecule has 10 heteroatoms. The van der Waals surface area contributed by atoms with Crippen molar-refractivity contribution < 1.29 is 8.83 Å². The molecule has 3 aliphatic carbocycles. The van der Waals surface area contributed by atoms with Crippen LogP contribution in [0.3, 0.4) is 0 Å².